The molecule has 4 atom stereocenters. The Bertz CT molecular complexity index is 1530. The lowest BCUT2D eigenvalue weighted by Crippen LogP contribution is -2.42. The number of carbonyl (C=O) groups is 3. The fourth-order valence-electron chi connectivity index (χ4n) is 6.61. The summed E-state index contributed by atoms with van der Waals surface area (Å²) in [6, 6.07) is 21.2. The number of fused-ring (bicyclic) bond motifs is 2. The first-order chi connectivity index (χ1) is 21.0. The fourth-order valence-corrected chi connectivity index (χ4v) is 9.10. The average Bonchev–Trinajstić information content (AvgIpc) is 3.45. The van der Waals surface area contributed by atoms with Crippen molar-refractivity contribution in [3.8, 4) is 5.75 Å². The van der Waals surface area contributed by atoms with Gasteiger partial charge in [0, 0.05) is 47.1 Å². The summed E-state index contributed by atoms with van der Waals surface area (Å²) in [7, 11) is -1.94. The summed E-state index contributed by atoms with van der Waals surface area (Å²) >= 11 is 0. The molecular weight excluding hydrogens is 581 g/mol. The number of carbonyl (C=O) groups excluding carboxylic acids is 3. The maximum Gasteiger partial charge on any atom is 0.261 e. The molecule has 1 fully saturated rings. The summed E-state index contributed by atoms with van der Waals surface area (Å²) in [6.07, 6.45) is -1.00. The average molecular weight is 620 g/mol. The molecule has 3 aromatic rings. The highest BCUT2D eigenvalue weighted by atomic mass is 28.4. The molecule has 9 nitrogen and oxygen atoms in total. The molecule has 0 aromatic heterocycles. The van der Waals surface area contributed by atoms with Crippen molar-refractivity contribution in [3.05, 3.63) is 89.5 Å². The summed E-state index contributed by atoms with van der Waals surface area (Å²) in [4.78, 5) is 41.8. The summed E-state index contributed by atoms with van der Waals surface area (Å²) in [5, 5.41) is 15.4. The maximum atomic E-state index is 16.1. The number of hydrogen-bond acceptors (Lipinski definition) is 6. The van der Waals surface area contributed by atoms with E-state index < -0.39 is 37.5 Å². The molecule has 11 heteroatoms. The Morgan fingerprint density at radius 1 is 1.11 bits per heavy atom. The summed E-state index contributed by atoms with van der Waals surface area (Å²) in [5.41, 5.74) is 0.568. The van der Waals surface area contributed by atoms with Gasteiger partial charge in [0.25, 0.3) is 11.8 Å². The minimum atomic E-state index is -3.49. The van der Waals surface area contributed by atoms with Crippen molar-refractivity contribution in [1.82, 2.24) is 4.90 Å². The van der Waals surface area contributed by atoms with Crippen LogP contribution in [0, 0.1) is 5.92 Å². The number of ether oxygens (including phenoxy) is 2. The molecule has 2 aliphatic heterocycles. The predicted molar refractivity (Wildman–Crippen MR) is 168 cm³/mol. The molecular formula is C33H38FN3O6Si. The van der Waals surface area contributed by atoms with Crippen LogP contribution >= 0.6 is 0 Å². The van der Waals surface area contributed by atoms with Gasteiger partial charge in [-0.2, -0.15) is 0 Å². The summed E-state index contributed by atoms with van der Waals surface area (Å²) < 4.78 is 27.8. The van der Waals surface area contributed by atoms with Crippen molar-refractivity contribution >= 4 is 37.5 Å². The summed E-state index contributed by atoms with van der Waals surface area (Å²) in [5.74, 6) is -1.03. The lowest BCUT2D eigenvalue weighted by Gasteiger charge is -2.31. The van der Waals surface area contributed by atoms with Crippen LogP contribution in [-0.4, -0.2) is 62.5 Å². The van der Waals surface area contributed by atoms with Gasteiger partial charge < -0.3 is 34.2 Å². The van der Waals surface area contributed by atoms with Crippen molar-refractivity contribution in [2.75, 3.05) is 30.9 Å². The van der Waals surface area contributed by atoms with Gasteiger partial charge >= 0.3 is 0 Å². The van der Waals surface area contributed by atoms with E-state index in [0.29, 0.717) is 28.3 Å². The van der Waals surface area contributed by atoms with Crippen LogP contribution < -0.4 is 15.4 Å². The first-order valence-electron chi connectivity index (χ1n) is 14.7. The third-order valence-corrected chi connectivity index (χ3v) is 11.1. The number of halogens is 1. The van der Waals surface area contributed by atoms with Crippen molar-refractivity contribution in [1.29, 1.82) is 0 Å². The van der Waals surface area contributed by atoms with Crippen LogP contribution in [0.4, 0.5) is 15.5 Å². The van der Waals surface area contributed by atoms with Gasteiger partial charge in [-0.3, -0.25) is 14.4 Å². The fraction of sp³-hybridized carbons (Fsp3) is 0.364. The highest BCUT2D eigenvalue weighted by Crippen LogP contribution is 2.59. The SMILES string of the molecule is COc1ccc(C(=O)Nc2ccc3c(c2)[C@@]2(O[C@H](CC(=O)N(CCO)Cc4ccccc4)[C@@H]([Si](C)(C)F)[C@@H]2C)C(=O)N3)cc1. The minimum Gasteiger partial charge on any atom is -0.497 e. The molecule has 3 aromatic carbocycles. The topological polar surface area (TPSA) is 117 Å². The molecule has 232 valence electrons. The number of rotatable bonds is 10. The van der Waals surface area contributed by atoms with Crippen LogP contribution in [0.3, 0.4) is 0 Å². The molecule has 1 saturated heterocycles. The van der Waals surface area contributed by atoms with E-state index in [2.05, 4.69) is 10.6 Å². The molecule has 44 heavy (non-hydrogen) atoms. The second-order valence-electron chi connectivity index (χ2n) is 11.9. The van der Waals surface area contributed by atoms with Crippen molar-refractivity contribution in [2.24, 2.45) is 5.92 Å². The predicted octanol–water partition coefficient (Wildman–Crippen LogP) is 5.09. The third-order valence-electron chi connectivity index (χ3n) is 8.64. The minimum absolute atomic E-state index is 0.114. The third kappa shape index (κ3) is 5.99. The van der Waals surface area contributed by atoms with E-state index in [0.717, 1.165) is 5.56 Å². The molecule has 0 bridgehead atoms. The van der Waals surface area contributed by atoms with Gasteiger partial charge in [0.1, 0.15) is 5.75 Å². The van der Waals surface area contributed by atoms with Gasteiger partial charge in [0.2, 0.25) is 14.3 Å². The molecule has 1 spiro atoms. The van der Waals surface area contributed by atoms with Gasteiger partial charge in [-0.15, -0.1) is 0 Å². The molecule has 3 N–H and O–H groups in total. The highest BCUT2D eigenvalue weighted by Gasteiger charge is 2.65. The van der Waals surface area contributed by atoms with Gasteiger partial charge in [-0.05, 0) is 61.1 Å². The normalized spacial score (nSPS) is 22.4. The van der Waals surface area contributed by atoms with Gasteiger partial charge in [0.15, 0.2) is 5.60 Å². The van der Waals surface area contributed by atoms with E-state index in [9.17, 15) is 19.5 Å². The molecule has 0 saturated carbocycles. The van der Waals surface area contributed by atoms with Crippen LogP contribution in [-0.2, 0) is 26.5 Å². The monoisotopic (exact) mass is 619 g/mol. The second kappa shape index (κ2) is 12.5. The first kappa shape index (κ1) is 31.4. The Labute approximate surface area is 257 Å². The number of aliphatic hydroxyl groups is 1. The van der Waals surface area contributed by atoms with Crippen LogP contribution in [0.1, 0.15) is 34.8 Å². The van der Waals surface area contributed by atoms with Gasteiger partial charge in [0.05, 0.1) is 26.2 Å². The first-order valence-corrected chi connectivity index (χ1v) is 17.6. The summed E-state index contributed by atoms with van der Waals surface area (Å²) in [6.45, 7) is 5.12. The van der Waals surface area contributed by atoms with E-state index in [-0.39, 0.29) is 37.9 Å². The number of hydrogen-bond donors (Lipinski definition) is 3. The molecule has 0 aliphatic carbocycles. The maximum absolute atomic E-state index is 16.1. The Morgan fingerprint density at radius 3 is 2.45 bits per heavy atom. The zero-order valence-corrected chi connectivity index (χ0v) is 26.3. The lowest BCUT2D eigenvalue weighted by molar-refractivity contribution is -0.148. The number of nitrogens with zero attached hydrogens (tertiary/aromatic N) is 1. The van der Waals surface area contributed by atoms with Gasteiger partial charge in [-0.1, -0.05) is 37.3 Å². The van der Waals surface area contributed by atoms with Crippen LogP contribution in [0.5, 0.6) is 5.75 Å². The lowest BCUT2D eigenvalue weighted by atomic mass is 9.82. The largest absolute Gasteiger partial charge is 0.497 e. The van der Waals surface area contributed by atoms with E-state index >= 15 is 4.11 Å². The van der Waals surface area contributed by atoms with Crippen molar-refractivity contribution < 1.29 is 33.1 Å². The standard InChI is InChI=1S/C33H38FN3O6Si/c1-21-30(44(3,4)34)28(19-29(39)37(16-17-38)20-22-8-6-5-7-9-22)43-33(21)26-18-24(12-15-27(26)36-32(33)41)35-31(40)23-10-13-25(42-2)14-11-23/h5-15,18,21,28,30,38H,16-17,19-20H2,1-4H3,(H,35,40)(H,36,41)/t21-,28+,30-,33+/m0/s1. The molecule has 5 rings (SSSR count). The quantitative estimate of drug-likeness (QED) is 0.215. The number of benzene rings is 3. The van der Waals surface area contributed by atoms with E-state index in [1.807, 2.05) is 30.3 Å². The van der Waals surface area contributed by atoms with Crippen LogP contribution in [0.15, 0.2) is 72.8 Å². The Kier molecular flexibility index (Phi) is 8.92. The van der Waals surface area contributed by atoms with E-state index in [1.54, 1.807) is 69.6 Å². The Morgan fingerprint density at radius 2 is 1.82 bits per heavy atom. The van der Waals surface area contributed by atoms with E-state index in [4.69, 9.17) is 9.47 Å². The smallest absolute Gasteiger partial charge is 0.261 e. The van der Waals surface area contributed by atoms with Crippen molar-refractivity contribution in [2.45, 2.75) is 50.2 Å². The molecule has 0 unspecified atom stereocenters. The number of nitrogens with one attached hydrogen (secondary N) is 2. The zero-order valence-electron chi connectivity index (χ0n) is 25.3. The molecule has 2 heterocycles. The van der Waals surface area contributed by atoms with E-state index in [1.165, 1.54) is 4.90 Å². The number of anilines is 2. The molecule has 0 radical (unpaired) electrons. The number of amides is 3. The highest BCUT2D eigenvalue weighted by molar-refractivity contribution is 6.72. The number of methoxy groups -OCH3 is 1. The Hall–Kier alpha value is -4.06. The number of aliphatic hydroxyl groups excluding tert-OH is 1. The van der Waals surface area contributed by atoms with Crippen LogP contribution in [0.2, 0.25) is 18.6 Å². The van der Waals surface area contributed by atoms with Crippen molar-refractivity contribution in [3.63, 3.8) is 0 Å². The molecule has 2 aliphatic rings. The molecule has 3 amide bonds. The van der Waals surface area contributed by atoms with Gasteiger partial charge in [-0.25, -0.2) is 0 Å². The van der Waals surface area contributed by atoms with Crippen LogP contribution in [0.25, 0.3) is 0 Å². The zero-order chi connectivity index (χ0) is 31.6. The Balaban J connectivity index is 1.43. The second-order valence-corrected chi connectivity index (χ2v) is 15.7.